The van der Waals surface area contributed by atoms with Gasteiger partial charge in [0.15, 0.2) is 5.78 Å². The Bertz CT molecular complexity index is 620. The molecule has 1 saturated carbocycles. The molecule has 1 fully saturated rings. The zero-order chi connectivity index (χ0) is 21.6. The SMILES string of the molecule is CCCCCCCCCCNC(CC(=O)c1ccc(C2CCCCC2)cc1)C(=O)O. The molecule has 0 bridgehead atoms. The van der Waals surface area contributed by atoms with Crippen LogP contribution in [0.15, 0.2) is 24.3 Å². The molecule has 1 atom stereocenters. The van der Waals surface area contributed by atoms with Gasteiger partial charge in [-0.3, -0.25) is 9.59 Å². The van der Waals surface area contributed by atoms with E-state index in [1.807, 2.05) is 12.1 Å². The van der Waals surface area contributed by atoms with Crippen LogP contribution < -0.4 is 5.32 Å². The van der Waals surface area contributed by atoms with Crippen LogP contribution in [0.3, 0.4) is 0 Å². The average Bonchev–Trinajstić information content (AvgIpc) is 2.77. The molecule has 0 radical (unpaired) electrons. The van der Waals surface area contributed by atoms with Crippen LogP contribution in [0.2, 0.25) is 0 Å². The first-order chi connectivity index (χ1) is 14.6. The summed E-state index contributed by atoms with van der Waals surface area (Å²) in [4.78, 5) is 24.2. The van der Waals surface area contributed by atoms with Crippen LogP contribution in [0, 0.1) is 0 Å². The monoisotopic (exact) mass is 415 g/mol. The zero-order valence-corrected chi connectivity index (χ0v) is 18.8. The van der Waals surface area contributed by atoms with Gasteiger partial charge in [0.1, 0.15) is 6.04 Å². The summed E-state index contributed by atoms with van der Waals surface area (Å²) in [5, 5.41) is 12.6. The molecule has 4 heteroatoms. The molecular formula is C26H41NO3. The van der Waals surface area contributed by atoms with Crippen LogP contribution >= 0.6 is 0 Å². The van der Waals surface area contributed by atoms with E-state index >= 15 is 0 Å². The lowest BCUT2D eigenvalue weighted by Gasteiger charge is -2.22. The number of carbonyl (C=O) groups is 2. The van der Waals surface area contributed by atoms with Crippen LogP contribution in [0.1, 0.15) is 119 Å². The van der Waals surface area contributed by atoms with Crippen molar-refractivity contribution in [1.29, 1.82) is 0 Å². The van der Waals surface area contributed by atoms with Crippen molar-refractivity contribution in [1.82, 2.24) is 5.32 Å². The van der Waals surface area contributed by atoms with Gasteiger partial charge in [-0.1, -0.05) is 95.4 Å². The van der Waals surface area contributed by atoms with Crippen molar-refractivity contribution in [3.05, 3.63) is 35.4 Å². The second-order valence-corrected chi connectivity index (χ2v) is 8.90. The third-order valence-corrected chi connectivity index (χ3v) is 6.42. The van der Waals surface area contributed by atoms with Crippen molar-refractivity contribution >= 4 is 11.8 Å². The normalized spacial score (nSPS) is 15.8. The minimum Gasteiger partial charge on any atom is -0.480 e. The molecule has 1 aromatic rings. The lowest BCUT2D eigenvalue weighted by atomic mass is 9.84. The average molecular weight is 416 g/mol. The van der Waals surface area contributed by atoms with Gasteiger partial charge in [-0.15, -0.1) is 0 Å². The van der Waals surface area contributed by atoms with Gasteiger partial charge in [-0.2, -0.15) is 0 Å². The Morgan fingerprint density at radius 3 is 2.13 bits per heavy atom. The molecule has 0 saturated heterocycles. The number of unbranched alkanes of at least 4 members (excludes halogenated alkanes) is 7. The Balaban J connectivity index is 1.70. The van der Waals surface area contributed by atoms with E-state index < -0.39 is 12.0 Å². The molecule has 0 heterocycles. The van der Waals surface area contributed by atoms with Crippen molar-refractivity contribution in [3.63, 3.8) is 0 Å². The Labute approximate surface area is 182 Å². The molecule has 1 aliphatic rings. The van der Waals surface area contributed by atoms with Crippen LogP contribution in [0.5, 0.6) is 0 Å². The minimum atomic E-state index is -0.943. The summed E-state index contributed by atoms with van der Waals surface area (Å²) >= 11 is 0. The largest absolute Gasteiger partial charge is 0.480 e. The highest BCUT2D eigenvalue weighted by atomic mass is 16.4. The van der Waals surface area contributed by atoms with Crippen LogP contribution in [-0.4, -0.2) is 29.4 Å². The highest BCUT2D eigenvalue weighted by Gasteiger charge is 2.22. The van der Waals surface area contributed by atoms with Crippen molar-refractivity contribution in [3.8, 4) is 0 Å². The Kier molecular flexibility index (Phi) is 11.8. The van der Waals surface area contributed by atoms with Gasteiger partial charge in [0.05, 0.1) is 0 Å². The van der Waals surface area contributed by atoms with E-state index in [0.717, 1.165) is 12.8 Å². The van der Waals surface area contributed by atoms with Crippen molar-refractivity contribution in [2.45, 2.75) is 109 Å². The molecule has 1 aromatic carbocycles. The van der Waals surface area contributed by atoms with Gasteiger partial charge in [0, 0.05) is 12.0 Å². The molecule has 1 unspecified atom stereocenters. The first kappa shape index (κ1) is 24.6. The number of carbonyl (C=O) groups excluding carboxylic acids is 1. The zero-order valence-electron chi connectivity index (χ0n) is 18.8. The first-order valence-corrected chi connectivity index (χ1v) is 12.2. The van der Waals surface area contributed by atoms with E-state index in [2.05, 4.69) is 24.4 Å². The van der Waals surface area contributed by atoms with Gasteiger partial charge in [-0.05, 0) is 37.3 Å². The van der Waals surface area contributed by atoms with Crippen LogP contribution in [0.25, 0.3) is 0 Å². The summed E-state index contributed by atoms with van der Waals surface area (Å²) in [7, 11) is 0. The lowest BCUT2D eigenvalue weighted by Crippen LogP contribution is -2.39. The predicted molar refractivity (Wildman–Crippen MR) is 123 cm³/mol. The maximum atomic E-state index is 12.6. The van der Waals surface area contributed by atoms with Crippen molar-refractivity contribution in [2.24, 2.45) is 0 Å². The molecule has 0 amide bonds. The fourth-order valence-electron chi connectivity index (χ4n) is 4.46. The number of hydrogen-bond acceptors (Lipinski definition) is 3. The summed E-state index contributed by atoms with van der Waals surface area (Å²) in [5.41, 5.74) is 1.93. The third kappa shape index (κ3) is 8.99. The molecule has 0 aromatic heterocycles. The molecule has 168 valence electrons. The van der Waals surface area contributed by atoms with Gasteiger partial charge < -0.3 is 10.4 Å². The molecule has 4 nitrogen and oxygen atoms in total. The smallest absolute Gasteiger partial charge is 0.321 e. The molecule has 0 aliphatic heterocycles. The second-order valence-electron chi connectivity index (χ2n) is 8.90. The molecule has 2 N–H and O–H groups in total. The third-order valence-electron chi connectivity index (χ3n) is 6.42. The number of aliphatic carboxylic acids is 1. The number of Topliss-reactive ketones (excluding diaryl/α,β-unsaturated/α-hetero) is 1. The fourth-order valence-corrected chi connectivity index (χ4v) is 4.46. The van der Waals surface area contributed by atoms with E-state index in [4.69, 9.17) is 0 Å². The fraction of sp³-hybridized carbons (Fsp3) is 0.692. The van der Waals surface area contributed by atoms with E-state index in [0.29, 0.717) is 18.0 Å². The number of nitrogens with one attached hydrogen (secondary N) is 1. The van der Waals surface area contributed by atoms with Gasteiger partial charge >= 0.3 is 5.97 Å². The van der Waals surface area contributed by atoms with Crippen molar-refractivity contribution < 1.29 is 14.7 Å². The molecule has 2 rings (SSSR count). The number of hydrogen-bond donors (Lipinski definition) is 2. The van der Waals surface area contributed by atoms with Crippen LogP contribution in [-0.2, 0) is 4.79 Å². The predicted octanol–water partition coefficient (Wildman–Crippen LogP) is 6.49. The van der Waals surface area contributed by atoms with Gasteiger partial charge in [0.25, 0.3) is 0 Å². The lowest BCUT2D eigenvalue weighted by molar-refractivity contribution is -0.139. The summed E-state index contributed by atoms with van der Waals surface area (Å²) in [6.45, 7) is 2.88. The van der Waals surface area contributed by atoms with E-state index in [-0.39, 0.29) is 12.2 Å². The van der Waals surface area contributed by atoms with Crippen LogP contribution in [0.4, 0.5) is 0 Å². The highest BCUT2D eigenvalue weighted by Crippen LogP contribution is 2.32. The number of benzene rings is 1. The van der Waals surface area contributed by atoms with E-state index in [1.165, 1.54) is 76.2 Å². The first-order valence-electron chi connectivity index (χ1n) is 12.2. The summed E-state index contributed by atoms with van der Waals surface area (Å²) in [6.07, 6.45) is 16.1. The number of rotatable bonds is 15. The minimum absolute atomic E-state index is 0.00905. The van der Waals surface area contributed by atoms with Gasteiger partial charge in [-0.25, -0.2) is 0 Å². The highest BCUT2D eigenvalue weighted by molar-refractivity contribution is 5.98. The Morgan fingerprint density at radius 2 is 1.53 bits per heavy atom. The number of ketones is 1. The van der Waals surface area contributed by atoms with E-state index in [1.54, 1.807) is 0 Å². The topological polar surface area (TPSA) is 66.4 Å². The Morgan fingerprint density at radius 1 is 0.933 bits per heavy atom. The van der Waals surface area contributed by atoms with E-state index in [9.17, 15) is 14.7 Å². The van der Waals surface area contributed by atoms with Gasteiger partial charge in [0.2, 0.25) is 0 Å². The molecular weight excluding hydrogens is 374 g/mol. The number of carboxylic acids is 1. The standard InChI is InChI=1S/C26H41NO3/c1-2-3-4-5-6-7-8-12-19-27-24(26(29)30)20-25(28)23-17-15-22(16-18-23)21-13-10-9-11-14-21/h15-18,21,24,27H,2-14,19-20H2,1H3,(H,29,30). The maximum Gasteiger partial charge on any atom is 0.321 e. The quantitative estimate of drug-likeness (QED) is 0.254. The van der Waals surface area contributed by atoms with Crippen molar-refractivity contribution in [2.75, 3.05) is 6.54 Å². The Hall–Kier alpha value is -1.68. The molecule has 0 spiro atoms. The molecule has 1 aliphatic carbocycles. The summed E-state index contributed by atoms with van der Waals surface area (Å²) in [5.74, 6) is -0.425. The molecule has 30 heavy (non-hydrogen) atoms. The second kappa shape index (κ2) is 14.3. The maximum absolute atomic E-state index is 12.6. The summed E-state index contributed by atoms with van der Waals surface area (Å²) in [6, 6.07) is 7.08. The number of carboxylic acid groups (broad SMARTS) is 1. The summed E-state index contributed by atoms with van der Waals surface area (Å²) < 4.78 is 0.